The summed E-state index contributed by atoms with van der Waals surface area (Å²) in [6, 6.07) is 1.50. The molecular formula is C11H11ClN8S. The number of nitrogens with two attached hydrogens (primary N) is 2. The molecule has 21 heavy (non-hydrogen) atoms. The van der Waals surface area contributed by atoms with E-state index in [1.54, 1.807) is 17.9 Å². The minimum Gasteiger partial charge on any atom is -0.383 e. The number of aryl methyl sites for hydroxylation is 1. The zero-order valence-electron chi connectivity index (χ0n) is 11.0. The van der Waals surface area contributed by atoms with Gasteiger partial charge in [0.25, 0.3) is 0 Å². The van der Waals surface area contributed by atoms with E-state index in [0.29, 0.717) is 39.2 Å². The van der Waals surface area contributed by atoms with E-state index in [1.807, 2.05) is 0 Å². The van der Waals surface area contributed by atoms with E-state index < -0.39 is 0 Å². The molecular weight excluding hydrogens is 312 g/mol. The number of nitrogens with zero attached hydrogens (tertiary/aromatic N) is 6. The number of halogens is 1. The summed E-state index contributed by atoms with van der Waals surface area (Å²) in [5, 5.41) is 5.67. The largest absolute Gasteiger partial charge is 0.383 e. The monoisotopic (exact) mass is 322 g/mol. The van der Waals surface area contributed by atoms with E-state index in [0.717, 1.165) is 5.39 Å². The number of aromatic nitrogens is 6. The van der Waals surface area contributed by atoms with Gasteiger partial charge in [-0.05, 0) is 0 Å². The van der Waals surface area contributed by atoms with Crippen molar-refractivity contribution in [3.05, 3.63) is 23.2 Å². The zero-order valence-corrected chi connectivity index (χ0v) is 12.6. The Kier molecular flexibility index (Phi) is 3.52. The Morgan fingerprint density at radius 3 is 2.62 bits per heavy atom. The molecule has 3 rings (SSSR count). The van der Waals surface area contributed by atoms with Gasteiger partial charge in [0.05, 0.1) is 17.3 Å². The minimum absolute atomic E-state index is 0.325. The molecule has 10 heteroatoms. The number of fused-ring (bicyclic) bond motifs is 1. The molecule has 0 unspecified atom stereocenters. The topological polar surface area (TPSA) is 121 Å². The van der Waals surface area contributed by atoms with Crippen LogP contribution in [0.2, 0.25) is 5.15 Å². The quantitative estimate of drug-likeness (QED) is 0.420. The number of hydrogen-bond donors (Lipinski definition) is 2. The number of anilines is 2. The molecule has 4 N–H and O–H groups in total. The van der Waals surface area contributed by atoms with E-state index in [4.69, 9.17) is 23.1 Å². The lowest BCUT2D eigenvalue weighted by Gasteiger charge is -2.03. The van der Waals surface area contributed by atoms with E-state index in [1.165, 1.54) is 17.8 Å². The van der Waals surface area contributed by atoms with Gasteiger partial charge in [0.2, 0.25) is 0 Å². The number of thioether (sulfide) groups is 1. The van der Waals surface area contributed by atoms with E-state index in [-0.39, 0.29) is 0 Å². The Balaban J connectivity index is 1.86. The Hall–Kier alpha value is -2.13. The third-order valence-corrected chi connectivity index (χ3v) is 3.80. The van der Waals surface area contributed by atoms with E-state index >= 15 is 0 Å². The summed E-state index contributed by atoms with van der Waals surface area (Å²) < 4.78 is 1.64. The molecule has 0 radical (unpaired) electrons. The van der Waals surface area contributed by atoms with E-state index in [9.17, 15) is 0 Å². The van der Waals surface area contributed by atoms with Crippen molar-refractivity contribution in [2.75, 3.05) is 11.5 Å². The molecule has 0 saturated heterocycles. The standard InChI is InChI=1S/C11H11ClN8S/c1-20-10-5(3-15-20)9(12)18-8(19-10)4-21-11-16-6(13)2-7(14)17-11/h2-3H,4H2,1H3,(H4,13,14,16,17). The summed E-state index contributed by atoms with van der Waals surface area (Å²) in [7, 11) is 1.80. The molecule has 0 saturated carbocycles. The molecule has 108 valence electrons. The van der Waals surface area contributed by atoms with Crippen LogP contribution in [0.1, 0.15) is 5.82 Å². The molecule has 0 amide bonds. The Morgan fingerprint density at radius 1 is 1.19 bits per heavy atom. The summed E-state index contributed by atoms with van der Waals surface area (Å²) in [6.45, 7) is 0. The predicted octanol–water partition coefficient (Wildman–Crippen LogP) is 1.26. The van der Waals surface area contributed by atoms with E-state index in [2.05, 4.69) is 25.0 Å². The molecule has 0 fully saturated rings. The summed E-state index contributed by atoms with van der Waals surface area (Å²) in [5.41, 5.74) is 11.9. The van der Waals surface area contributed by atoms with Crippen LogP contribution in [-0.2, 0) is 12.8 Å². The van der Waals surface area contributed by atoms with Gasteiger partial charge in [-0.1, -0.05) is 23.4 Å². The third kappa shape index (κ3) is 2.83. The van der Waals surface area contributed by atoms with Gasteiger partial charge in [-0.2, -0.15) is 5.10 Å². The number of rotatable bonds is 3. The first-order chi connectivity index (χ1) is 10.0. The molecule has 0 aliphatic heterocycles. The summed E-state index contributed by atoms with van der Waals surface area (Å²) in [4.78, 5) is 16.8. The van der Waals surface area contributed by atoms with Crippen LogP contribution in [0, 0.1) is 0 Å². The molecule has 0 aromatic carbocycles. The van der Waals surface area contributed by atoms with Crippen LogP contribution in [-0.4, -0.2) is 29.7 Å². The maximum absolute atomic E-state index is 6.12. The van der Waals surface area contributed by atoms with Crippen molar-refractivity contribution in [2.24, 2.45) is 7.05 Å². The number of nitrogen functional groups attached to an aromatic ring is 2. The van der Waals surface area contributed by atoms with Gasteiger partial charge in [-0.15, -0.1) is 0 Å². The van der Waals surface area contributed by atoms with Crippen LogP contribution >= 0.6 is 23.4 Å². The first kappa shape index (κ1) is 13.8. The highest BCUT2D eigenvalue weighted by Crippen LogP contribution is 2.23. The SMILES string of the molecule is Cn1ncc2c(Cl)nc(CSc3nc(N)cc(N)n3)nc21. The van der Waals surface area contributed by atoms with Crippen molar-refractivity contribution < 1.29 is 0 Å². The maximum Gasteiger partial charge on any atom is 0.191 e. The van der Waals surface area contributed by atoms with Gasteiger partial charge in [0, 0.05) is 13.1 Å². The average molecular weight is 323 g/mol. The molecule has 0 bridgehead atoms. The minimum atomic E-state index is 0.325. The van der Waals surface area contributed by atoms with Crippen LogP contribution in [0.3, 0.4) is 0 Å². The highest BCUT2D eigenvalue weighted by molar-refractivity contribution is 7.98. The summed E-state index contributed by atoms with van der Waals surface area (Å²) >= 11 is 7.45. The average Bonchev–Trinajstić information content (AvgIpc) is 2.78. The lowest BCUT2D eigenvalue weighted by Crippen LogP contribution is -2.01. The predicted molar refractivity (Wildman–Crippen MR) is 81.7 cm³/mol. The van der Waals surface area contributed by atoms with Crippen molar-refractivity contribution in [1.29, 1.82) is 0 Å². The van der Waals surface area contributed by atoms with Crippen LogP contribution in [0.25, 0.3) is 11.0 Å². The zero-order chi connectivity index (χ0) is 15.0. The maximum atomic E-state index is 6.12. The molecule has 8 nitrogen and oxygen atoms in total. The highest BCUT2D eigenvalue weighted by atomic mass is 35.5. The summed E-state index contributed by atoms with van der Waals surface area (Å²) in [6.07, 6.45) is 1.64. The molecule has 0 atom stereocenters. The van der Waals surface area contributed by atoms with Gasteiger partial charge in [0.1, 0.15) is 22.6 Å². The van der Waals surface area contributed by atoms with Gasteiger partial charge in [0.15, 0.2) is 10.8 Å². The molecule has 0 aliphatic carbocycles. The van der Waals surface area contributed by atoms with Gasteiger partial charge in [-0.3, -0.25) is 4.68 Å². The fourth-order valence-electron chi connectivity index (χ4n) is 1.75. The van der Waals surface area contributed by atoms with Gasteiger partial charge < -0.3 is 11.5 Å². The third-order valence-electron chi connectivity index (χ3n) is 2.67. The Labute approximate surface area is 128 Å². The Morgan fingerprint density at radius 2 is 1.90 bits per heavy atom. The second kappa shape index (κ2) is 5.34. The smallest absolute Gasteiger partial charge is 0.191 e. The fourth-order valence-corrected chi connectivity index (χ4v) is 2.71. The second-order valence-corrected chi connectivity index (χ2v) is 5.53. The Bertz CT molecular complexity index is 797. The van der Waals surface area contributed by atoms with Crippen molar-refractivity contribution in [2.45, 2.75) is 10.9 Å². The van der Waals surface area contributed by atoms with Crippen molar-refractivity contribution in [3.8, 4) is 0 Å². The lowest BCUT2D eigenvalue weighted by atomic mass is 10.4. The molecule has 3 aromatic heterocycles. The van der Waals surface area contributed by atoms with Crippen molar-refractivity contribution in [1.82, 2.24) is 29.7 Å². The fraction of sp³-hybridized carbons (Fsp3) is 0.182. The lowest BCUT2D eigenvalue weighted by molar-refractivity contribution is 0.782. The molecule has 3 aromatic rings. The second-order valence-electron chi connectivity index (χ2n) is 4.23. The highest BCUT2D eigenvalue weighted by Gasteiger charge is 2.11. The summed E-state index contributed by atoms with van der Waals surface area (Å²) in [5.74, 6) is 1.66. The number of hydrogen-bond acceptors (Lipinski definition) is 8. The van der Waals surface area contributed by atoms with Gasteiger partial charge in [-0.25, -0.2) is 19.9 Å². The normalized spacial score (nSPS) is 11.1. The van der Waals surface area contributed by atoms with Crippen LogP contribution in [0.15, 0.2) is 17.4 Å². The van der Waals surface area contributed by atoms with Crippen molar-refractivity contribution in [3.63, 3.8) is 0 Å². The van der Waals surface area contributed by atoms with Crippen LogP contribution in [0.4, 0.5) is 11.6 Å². The van der Waals surface area contributed by atoms with Crippen molar-refractivity contribution >= 4 is 46.0 Å². The first-order valence-electron chi connectivity index (χ1n) is 5.90. The van der Waals surface area contributed by atoms with Crippen LogP contribution < -0.4 is 11.5 Å². The molecule has 0 aliphatic rings. The van der Waals surface area contributed by atoms with Crippen LogP contribution in [0.5, 0.6) is 0 Å². The van der Waals surface area contributed by atoms with Gasteiger partial charge >= 0.3 is 0 Å². The first-order valence-corrected chi connectivity index (χ1v) is 7.26. The molecule has 0 spiro atoms. The molecule has 3 heterocycles.